The van der Waals surface area contributed by atoms with Gasteiger partial charge in [0.2, 0.25) is 0 Å². The maximum absolute atomic E-state index is 5.02. The molecule has 1 aromatic rings. The molecule has 0 radical (unpaired) electrons. The van der Waals surface area contributed by atoms with Crippen LogP contribution in [-0.2, 0) is 6.42 Å². The Morgan fingerprint density at radius 2 is 2.18 bits per heavy atom. The van der Waals surface area contributed by atoms with Crippen molar-refractivity contribution in [2.24, 2.45) is 5.92 Å². The summed E-state index contributed by atoms with van der Waals surface area (Å²) in [5.41, 5.74) is 1.25. The Hall–Kier alpha value is -0.920. The number of H-pyrrole nitrogens is 1. The molecule has 0 spiro atoms. The Labute approximate surface area is 67.6 Å². The van der Waals surface area contributed by atoms with Crippen LogP contribution >= 0.6 is 0 Å². The van der Waals surface area contributed by atoms with Crippen molar-refractivity contribution in [2.75, 3.05) is 7.11 Å². The van der Waals surface area contributed by atoms with Gasteiger partial charge in [0.25, 0.3) is 0 Å². The fourth-order valence-corrected chi connectivity index (χ4v) is 1.10. The van der Waals surface area contributed by atoms with Crippen LogP contribution in [0.2, 0.25) is 0 Å². The third-order valence-corrected chi connectivity index (χ3v) is 1.57. The molecule has 1 aromatic heterocycles. The molecule has 0 aromatic carbocycles. The number of aromatic amines is 1. The number of hydrogen-bond donors (Lipinski definition) is 1. The van der Waals surface area contributed by atoms with Gasteiger partial charge in [-0.1, -0.05) is 13.8 Å². The highest BCUT2D eigenvalue weighted by molar-refractivity contribution is 5.18. The number of methoxy groups -OCH3 is 1. The van der Waals surface area contributed by atoms with E-state index in [2.05, 4.69) is 24.9 Å². The molecule has 2 nitrogen and oxygen atoms in total. The van der Waals surface area contributed by atoms with Gasteiger partial charge < -0.3 is 9.72 Å². The van der Waals surface area contributed by atoms with E-state index in [9.17, 15) is 0 Å². The van der Waals surface area contributed by atoms with E-state index >= 15 is 0 Å². The Kier molecular flexibility index (Phi) is 2.58. The Morgan fingerprint density at radius 3 is 2.64 bits per heavy atom. The minimum Gasteiger partial charge on any atom is -0.482 e. The molecule has 0 amide bonds. The number of aromatic nitrogens is 1. The summed E-state index contributed by atoms with van der Waals surface area (Å²) in [4.78, 5) is 3.17. The van der Waals surface area contributed by atoms with Crippen molar-refractivity contribution in [1.29, 1.82) is 0 Å². The number of hydrogen-bond acceptors (Lipinski definition) is 1. The molecule has 1 heterocycles. The lowest BCUT2D eigenvalue weighted by atomic mass is 10.1. The summed E-state index contributed by atoms with van der Waals surface area (Å²) in [6, 6.07) is 4.02. The molecule has 0 bridgehead atoms. The van der Waals surface area contributed by atoms with Gasteiger partial charge in [0.1, 0.15) is 0 Å². The second-order valence-corrected chi connectivity index (χ2v) is 3.15. The average molecular weight is 153 g/mol. The quantitative estimate of drug-likeness (QED) is 0.707. The summed E-state index contributed by atoms with van der Waals surface area (Å²) >= 11 is 0. The summed E-state index contributed by atoms with van der Waals surface area (Å²) in [7, 11) is 1.67. The molecule has 0 unspecified atom stereocenters. The largest absolute Gasteiger partial charge is 0.482 e. The second-order valence-electron chi connectivity index (χ2n) is 3.15. The van der Waals surface area contributed by atoms with Gasteiger partial charge in [-0.3, -0.25) is 0 Å². The van der Waals surface area contributed by atoms with E-state index in [1.54, 1.807) is 7.11 Å². The van der Waals surface area contributed by atoms with Crippen LogP contribution in [0.15, 0.2) is 12.1 Å². The van der Waals surface area contributed by atoms with Crippen LogP contribution in [0.1, 0.15) is 19.5 Å². The summed E-state index contributed by atoms with van der Waals surface area (Å²) in [6.07, 6.45) is 1.09. The highest BCUT2D eigenvalue weighted by atomic mass is 16.5. The second kappa shape index (κ2) is 3.46. The maximum atomic E-state index is 5.02. The first-order valence-electron chi connectivity index (χ1n) is 3.94. The van der Waals surface area contributed by atoms with Crippen molar-refractivity contribution in [3.63, 3.8) is 0 Å². The van der Waals surface area contributed by atoms with E-state index in [-0.39, 0.29) is 0 Å². The topological polar surface area (TPSA) is 25.0 Å². The average Bonchev–Trinajstić information content (AvgIpc) is 2.34. The summed E-state index contributed by atoms with van der Waals surface area (Å²) in [6.45, 7) is 4.40. The van der Waals surface area contributed by atoms with Crippen molar-refractivity contribution in [3.05, 3.63) is 17.8 Å². The fraction of sp³-hybridized carbons (Fsp3) is 0.556. The third kappa shape index (κ3) is 2.30. The zero-order chi connectivity index (χ0) is 8.27. The highest BCUT2D eigenvalue weighted by Crippen LogP contribution is 2.12. The molecule has 62 valence electrons. The minimum atomic E-state index is 0.693. The predicted molar refractivity (Wildman–Crippen MR) is 45.9 cm³/mol. The van der Waals surface area contributed by atoms with Crippen LogP contribution in [0.25, 0.3) is 0 Å². The first-order chi connectivity index (χ1) is 5.22. The van der Waals surface area contributed by atoms with Crippen LogP contribution in [0.5, 0.6) is 5.88 Å². The smallest absolute Gasteiger partial charge is 0.190 e. The molecular formula is C9H15NO. The van der Waals surface area contributed by atoms with Crippen molar-refractivity contribution in [2.45, 2.75) is 20.3 Å². The molecule has 0 aliphatic rings. The standard InChI is InChI=1S/C9H15NO/c1-7(2)6-8-4-5-9(10-8)11-3/h4-5,7,10H,6H2,1-3H3. The molecule has 0 atom stereocenters. The summed E-state index contributed by atoms with van der Waals surface area (Å²) < 4.78 is 5.02. The molecule has 0 aliphatic carbocycles. The molecule has 2 heteroatoms. The van der Waals surface area contributed by atoms with Crippen LogP contribution in [-0.4, -0.2) is 12.1 Å². The Bertz CT molecular complexity index is 215. The van der Waals surface area contributed by atoms with Crippen molar-refractivity contribution in [3.8, 4) is 5.88 Å². The molecule has 1 N–H and O–H groups in total. The van der Waals surface area contributed by atoms with Gasteiger partial charge in [-0.15, -0.1) is 0 Å². The van der Waals surface area contributed by atoms with Gasteiger partial charge in [0.15, 0.2) is 5.88 Å². The van der Waals surface area contributed by atoms with Gasteiger partial charge in [0.05, 0.1) is 7.11 Å². The van der Waals surface area contributed by atoms with E-state index in [0.29, 0.717) is 5.92 Å². The van der Waals surface area contributed by atoms with Crippen molar-refractivity contribution in [1.82, 2.24) is 4.98 Å². The zero-order valence-electron chi connectivity index (χ0n) is 7.35. The van der Waals surface area contributed by atoms with Gasteiger partial charge >= 0.3 is 0 Å². The van der Waals surface area contributed by atoms with E-state index in [0.717, 1.165) is 12.3 Å². The van der Waals surface area contributed by atoms with Gasteiger partial charge in [-0.2, -0.15) is 0 Å². The van der Waals surface area contributed by atoms with Crippen LogP contribution in [0.3, 0.4) is 0 Å². The van der Waals surface area contributed by atoms with Gasteiger partial charge in [-0.25, -0.2) is 0 Å². The first kappa shape index (κ1) is 8.18. The summed E-state index contributed by atoms with van der Waals surface area (Å²) in [5, 5.41) is 0. The molecule has 11 heavy (non-hydrogen) atoms. The summed E-state index contributed by atoms with van der Waals surface area (Å²) in [5.74, 6) is 1.54. The van der Waals surface area contributed by atoms with Crippen LogP contribution < -0.4 is 4.74 Å². The molecule has 0 aliphatic heterocycles. The fourth-order valence-electron chi connectivity index (χ4n) is 1.10. The lowest BCUT2D eigenvalue weighted by molar-refractivity contribution is 0.399. The SMILES string of the molecule is COc1ccc(CC(C)C)[nH]1. The molecule has 0 saturated heterocycles. The van der Waals surface area contributed by atoms with E-state index in [1.165, 1.54) is 5.69 Å². The normalized spacial score (nSPS) is 10.5. The number of rotatable bonds is 3. The molecule has 1 rings (SSSR count). The Morgan fingerprint density at radius 1 is 1.45 bits per heavy atom. The van der Waals surface area contributed by atoms with E-state index < -0.39 is 0 Å². The predicted octanol–water partition coefficient (Wildman–Crippen LogP) is 2.22. The van der Waals surface area contributed by atoms with Crippen molar-refractivity contribution >= 4 is 0 Å². The van der Waals surface area contributed by atoms with Crippen LogP contribution in [0.4, 0.5) is 0 Å². The molecule has 0 fully saturated rings. The zero-order valence-corrected chi connectivity index (χ0v) is 7.35. The first-order valence-corrected chi connectivity index (χ1v) is 3.94. The maximum Gasteiger partial charge on any atom is 0.190 e. The van der Waals surface area contributed by atoms with Gasteiger partial charge in [0, 0.05) is 5.69 Å². The lowest BCUT2D eigenvalue weighted by Gasteiger charge is -2.00. The lowest BCUT2D eigenvalue weighted by Crippen LogP contribution is -1.93. The highest BCUT2D eigenvalue weighted by Gasteiger charge is 2.00. The third-order valence-electron chi connectivity index (χ3n) is 1.57. The monoisotopic (exact) mass is 153 g/mol. The van der Waals surface area contributed by atoms with E-state index in [4.69, 9.17) is 4.74 Å². The van der Waals surface area contributed by atoms with Crippen molar-refractivity contribution < 1.29 is 4.74 Å². The van der Waals surface area contributed by atoms with Crippen LogP contribution in [0, 0.1) is 5.92 Å². The Balaban J connectivity index is 2.58. The molecule has 0 saturated carbocycles. The molecular weight excluding hydrogens is 138 g/mol. The number of nitrogens with one attached hydrogen (secondary N) is 1. The van der Waals surface area contributed by atoms with Gasteiger partial charge in [-0.05, 0) is 24.5 Å². The number of ether oxygens (including phenoxy) is 1. The van der Waals surface area contributed by atoms with E-state index in [1.807, 2.05) is 6.07 Å². The minimum absolute atomic E-state index is 0.693.